The minimum atomic E-state index is -0.428. The van der Waals surface area contributed by atoms with Gasteiger partial charge in [0.15, 0.2) is 6.61 Å². The van der Waals surface area contributed by atoms with E-state index >= 15 is 0 Å². The number of nitrogens with one attached hydrogen (secondary N) is 1. The van der Waals surface area contributed by atoms with Gasteiger partial charge in [0.25, 0.3) is 5.91 Å². The van der Waals surface area contributed by atoms with Crippen molar-refractivity contribution >= 4 is 22.8 Å². The number of aryl methyl sites for hydroxylation is 1. The Labute approximate surface area is 131 Å². The van der Waals surface area contributed by atoms with Crippen LogP contribution in [0.3, 0.4) is 0 Å². The number of fused-ring (bicyclic) bond motifs is 1. The van der Waals surface area contributed by atoms with E-state index in [9.17, 15) is 14.4 Å². The van der Waals surface area contributed by atoms with Crippen molar-refractivity contribution in [2.75, 3.05) is 26.2 Å². The second-order valence-corrected chi connectivity index (χ2v) is 5.36. The fourth-order valence-electron chi connectivity index (χ4n) is 2.48. The summed E-state index contributed by atoms with van der Waals surface area (Å²) >= 11 is 0. The average Bonchev–Trinajstić information content (AvgIpc) is 2.52. The van der Waals surface area contributed by atoms with E-state index in [0.29, 0.717) is 24.4 Å². The lowest BCUT2D eigenvalue weighted by Crippen LogP contribution is -2.51. The van der Waals surface area contributed by atoms with Crippen LogP contribution in [0, 0.1) is 6.92 Å². The molecule has 0 saturated carbocycles. The van der Waals surface area contributed by atoms with Crippen molar-refractivity contribution in [1.82, 2.24) is 10.2 Å². The van der Waals surface area contributed by atoms with Gasteiger partial charge in [-0.25, -0.2) is 4.79 Å². The van der Waals surface area contributed by atoms with Crippen LogP contribution in [-0.4, -0.2) is 43.0 Å². The number of piperazine rings is 1. The second kappa shape index (κ2) is 6.12. The van der Waals surface area contributed by atoms with Crippen LogP contribution in [0.15, 0.2) is 33.5 Å². The molecule has 7 heteroatoms. The number of hydrogen-bond acceptors (Lipinski definition) is 5. The summed E-state index contributed by atoms with van der Waals surface area (Å²) in [5.41, 5.74) is 0.804. The maximum Gasteiger partial charge on any atom is 0.336 e. The van der Waals surface area contributed by atoms with E-state index in [1.54, 1.807) is 18.2 Å². The smallest absolute Gasteiger partial charge is 0.336 e. The van der Waals surface area contributed by atoms with Crippen molar-refractivity contribution in [2.45, 2.75) is 6.92 Å². The molecule has 0 bridgehead atoms. The Bertz CT molecular complexity index is 827. The van der Waals surface area contributed by atoms with Gasteiger partial charge in [-0.1, -0.05) is 0 Å². The van der Waals surface area contributed by atoms with Crippen LogP contribution in [0.1, 0.15) is 5.56 Å². The molecule has 1 aromatic heterocycles. The molecule has 120 valence electrons. The summed E-state index contributed by atoms with van der Waals surface area (Å²) in [4.78, 5) is 36.2. The van der Waals surface area contributed by atoms with Crippen molar-refractivity contribution < 1.29 is 18.7 Å². The highest BCUT2D eigenvalue weighted by Gasteiger charge is 2.21. The van der Waals surface area contributed by atoms with Crippen LogP contribution in [0.25, 0.3) is 11.0 Å². The predicted molar refractivity (Wildman–Crippen MR) is 82.3 cm³/mol. The minimum Gasteiger partial charge on any atom is -0.484 e. The summed E-state index contributed by atoms with van der Waals surface area (Å²) in [5, 5.41) is 3.47. The van der Waals surface area contributed by atoms with E-state index in [1.165, 1.54) is 11.0 Å². The number of nitrogens with zero attached hydrogens (tertiary/aromatic N) is 1. The van der Waals surface area contributed by atoms with Gasteiger partial charge in [-0.3, -0.25) is 9.59 Å². The van der Waals surface area contributed by atoms with Gasteiger partial charge in [0.05, 0.1) is 6.54 Å². The van der Waals surface area contributed by atoms with Gasteiger partial charge in [0.1, 0.15) is 11.3 Å². The molecule has 2 amide bonds. The fourth-order valence-corrected chi connectivity index (χ4v) is 2.48. The monoisotopic (exact) mass is 316 g/mol. The normalized spacial score (nSPS) is 14.7. The molecule has 3 rings (SSSR count). The molecule has 1 aliphatic heterocycles. The van der Waals surface area contributed by atoms with Gasteiger partial charge in [-0.2, -0.15) is 0 Å². The Morgan fingerprint density at radius 1 is 1.35 bits per heavy atom. The lowest BCUT2D eigenvalue weighted by atomic mass is 10.1. The molecule has 0 radical (unpaired) electrons. The molecule has 1 aliphatic rings. The third-order valence-corrected chi connectivity index (χ3v) is 3.68. The Balaban J connectivity index is 1.70. The largest absolute Gasteiger partial charge is 0.484 e. The highest BCUT2D eigenvalue weighted by molar-refractivity contribution is 5.86. The molecule has 0 spiro atoms. The van der Waals surface area contributed by atoms with Crippen molar-refractivity contribution in [3.63, 3.8) is 0 Å². The molecule has 1 N–H and O–H groups in total. The number of amides is 2. The van der Waals surface area contributed by atoms with Gasteiger partial charge < -0.3 is 19.4 Å². The number of carbonyl (C=O) groups is 2. The van der Waals surface area contributed by atoms with Gasteiger partial charge in [0.2, 0.25) is 5.91 Å². The number of hydrogen-bond donors (Lipinski definition) is 1. The quantitative estimate of drug-likeness (QED) is 0.830. The Morgan fingerprint density at radius 2 is 2.17 bits per heavy atom. The van der Waals surface area contributed by atoms with Crippen molar-refractivity contribution in [2.24, 2.45) is 0 Å². The summed E-state index contributed by atoms with van der Waals surface area (Å²) in [6.45, 7) is 2.62. The second-order valence-electron chi connectivity index (χ2n) is 5.36. The zero-order valence-corrected chi connectivity index (χ0v) is 12.6. The van der Waals surface area contributed by atoms with Gasteiger partial charge in [0, 0.05) is 30.6 Å². The number of benzene rings is 1. The first kappa shape index (κ1) is 15.1. The third kappa shape index (κ3) is 3.33. The Morgan fingerprint density at radius 3 is 2.96 bits per heavy atom. The van der Waals surface area contributed by atoms with Crippen molar-refractivity contribution in [1.29, 1.82) is 0 Å². The maximum absolute atomic E-state index is 12.0. The van der Waals surface area contributed by atoms with Gasteiger partial charge >= 0.3 is 5.63 Å². The van der Waals surface area contributed by atoms with Gasteiger partial charge in [-0.15, -0.1) is 0 Å². The van der Waals surface area contributed by atoms with E-state index in [2.05, 4.69) is 5.32 Å². The van der Waals surface area contributed by atoms with Crippen molar-refractivity contribution in [3.05, 3.63) is 40.2 Å². The zero-order valence-electron chi connectivity index (χ0n) is 12.6. The molecule has 23 heavy (non-hydrogen) atoms. The lowest BCUT2D eigenvalue weighted by Gasteiger charge is -2.26. The number of carbonyl (C=O) groups excluding carboxylic acids is 2. The fraction of sp³-hybridized carbons (Fsp3) is 0.312. The summed E-state index contributed by atoms with van der Waals surface area (Å²) in [7, 11) is 0. The molecule has 2 aromatic rings. The molecule has 1 saturated heterocycles. The molecular weight excluding hydrogens is 300 g/mol. The predicted octanol–water partition coefficient (Wildman–Crippen LogP) is 0.439. The SMILES string of the molecule is Cc1cc(=O)oc2cc(OCC(=O)N3CCNC(=O)C3)ccc12. The van der Waals surface area contributed by atoms with E-state index < -0.39 is 5.63 Å². The minimum absolute atomic E-state index is 0.0496. The summed E-state index contributed by atoms with van der Waals surface area (Å²) in [5.74, 6) is -0.000687. The third-order valence-electron chi connectivity index (χ3n) is 3.68. The number of ether oxygens (including phenoxy) is 1. The summed E-state index contributed by atoms with van der Waals surface area (Å²) in [6, 6.07) is 6.50. The van der Waals surface area contributed by atoms with Crippen LogP contribution in [0.4, 0.5) is 0 Å². The first-order valence-electron chi connectivity index (χ1n) is 7.25. The van der Waals surface area contributed by atoms with Crippen LogP contribution in [0.5, 0.6) is 5.75 Å². The van der Waals surface area contributed by atoms with E-state index in [-0.39, 0.29) is 25.0 Å². The molecular formula is C16H16N2O5. The van der Waals surface area contributed by atoms with E-state index in [1.807, 2.05) is 6.92 Å². The number of rotatable bonds is 3. The molecule has 7 nitrogen and oxygen atoms in total. The van der Waals surface area contributed by atoms with Crippen LogP contribution in [-0.2, 0) is 9.59 Å². The topological polar surface area (TPSA) is 88.8 Å². The molecule has 2 heterocycles. The first-order valence-corrected chi connectivity index (χ1v) is 7.25. The molecule has 1 fully saturated rings. The first-order chi connectivity index (χ1) is 11.0. The maximum atomic E-state index is 12.0. The summed E-state index contributed by atoms with van der Waals surface area (Å²) < 4.78 is 10.6. The highest BCUT2D eigenvalue weighted by Crippen LogP contribution is 2.22. The summed E-state index contributed by atoms with van der Waals surface area (Å²) in [6.07, 6.45) is 0. The standard InChI is InChI=1S/C16H16N2O5/c1-10-6-16(21)23-13-7-11(2-3-12(10)13)22-9-15(20)18-5-4-17-14(19)8-18/h2-3,6-7H,4-5,8-9H2,1H3,(H,17,19). The average molecular weight is 316 g/mol. The highest BCUT2D eigenvalue weighted by atomic mass is 16.5. The molecule has 0 aliphatic carbocycles. The Hall–Kier alpha value is -2.83. The van der Waals surface area contributed by atoms with Crippen LogP contribution in [0.2, 0.25) is 0 Å². The molecule has 1 aromatic carbocycles. The van der Waals surface area contributed by atoms with Crippen LogP contribution >= 0.6 is 0 Å². The van der Waals surface area contributed by atoms with Crippen LogP contribution < -0.4 is 15.7 Å². The lowest BCUT2D eigenvalue weighted by molar-refractivity contribution is -0.139. The molecule has 0 unspecified atom stereocenters. The Kier molecular flexibility index (Phi) is 4.01. The van der Waals surface area contributed by atoms with E-state index in [0.717, 1.165) is 10.9 Å². The molecule has 0 atom stereocenters. The van der Waals surface area contributed by atoms with E-state index in [4.69, 9.17) is 9.15 Å². The van der Waals surface area contributed by atoms with Crippen molar-refractivity contribution in [3.8, 4) is 5.75 Å². The van der Waals surface area contributed by atoms with Gasteiger partial charge in [-0.05, 0) is 24.6 Å². The zero-order chi connectivity index (χ0) is 16.4.